The van der Waals surface area contributed by atoms with Crippen LogP contribution in [0.25, 0.3) is 23.3 Å². The molecule has 186 valence electrons. The number of imide groups is 2. The number of benzene rings is 2. The molecule has 0 radical (unpaired) electrons. The Morgan fingerprint density at radius 3 is 1.49 bits per heavy atom. The Balaban J connectivity index is 1.49. The zero-order chi connectivity index (χ0) is 26.1. The Morgan fingerprint density at radius 2 is 1.08 bits per heavy atom. The normalized spacial score (nSPS) is 16.6. The van der Waals surface area contributed by atoms with Crippen LogP contribution >= 0.6 is 0 Å². The van der Waals surface area contributed by atoms with Gasteiger partial charge < -0.3 is 4.42 Å². The molecule has 0 fully saturated rings. The van der Waals surface area contributed by atoms with Crippen LogP contribution in [0.2, 0.25) is 0 Å². The topological polar surface area (TPSA) is 87.9 Å². The van der Waals surface area contributed by atoms with Crippen molar-refractivity contribution in [2.24, 2.45) is 0 Å². The zero-order valence-corrected chi connectivity index (χ0v) is 20.7. The van der Waals surface area contributed by atoms with Gasteiger partial charge in [-0.05, 0) is 49.3 Å². The second-order valence-electron chi connectivity index (χ2n) is 8.96. The standard InChI is InChI=1S/C30H26N2O5/c1-3-9-27(33)31-25-13-7-5-11-21(25)23(29(31)35)17-19-15-16-20(37-19)18-24-22-12-6-8-14-26(22)32(30(24)36)28(34)10-4-2/h5-8,11-18H,3-4,9-10H2,1-2H3/b23-17+,24-18+. The van der Waals surface area contributed by atoms with Gasteiger partial charge in [0.25, 0.3) is 11.8 Å². The molecule has 0 aliphatic carbocycles. The van der Waals surface area contributed by atoms with Crippen molar-refractivity contribution in [3.8, 4) is 0 Å². The number of amides is 4. The highest BCUT2D eigenvalue weighted by Crippen LogP contribution is 2.40. The van der Waals surface area contributed by atoms with Crippen LogP contribution in [0.1, 0.15) is 62.2 Å². The highest BCUT2D eigenvalue weighted by molar-refractivity contribution is 6.43. The van der Waals surface area contributed by atoms with E-state index in [9.17, 15) is 19.2 Å². The number of anilines is 2. The molecule has 7 heteroatoms. The Bertz CT molecular complexity index is 1380. The van der Waals surface area contributed by atoms with Gasteiger partial charge in [0, 0.05) is 24.0 Å². The van der Waals surface area contributed by atoms with Crippen molar-refractivity contribution < 1.29 is 23.6 Å². The molecule has 37 heavy (non-hydrogen) atoms. The maximum Gasteiger partial charge on any atom is 0.265 e. The minimum atomic E-state index is -0.388. The van der Waals surface area contributed by atoms with Gasteiger partial charge in [0.15, 0.2) is 0 Å². The van der Waals surface area contributed by atoms with Crippen LogP contribution in [-0.4, -0.2) is 23.6 Å². The highest BCUT2D eigenvalue weighted by atomic mass is 16.3. The number of carbonyl (C=O) groups excluding carboxylic acids is 4. The van der Waals surface area contributed by atoms with E-state index in [1.165, 1.54) is 9.80 Å². The molecule has 3 heterocycles. The number of nitrogens with zero attached hydrogens (tertiary/aromatic N) is 2. The molecule has 7 nitrogen and oxygen atoms in total. The van der Waals surface area contributed by atoms with Crippen LogP contribution in [0.5, 0.6) is 0 Å². The molecule has 2 aliphatic heterocycles. The lowest BCUT2D eigenvalue weighted by molar-refractivity contribution is -0.125. The molecule has 4 amide bonds. The summed E-state index contributed by atoms with van der Waals surface area (Å²) in [7, 11) is 0. The number of carbonyl (C=O) groups is 4. The largest absolute Gasteiger partial charge is 0.457 e. The summed E-state index contributed by atoms with van der Waals surface area (Å²) in [6.45, 7) is 3.79. The Labute approximate surface area is 214 Å². The highest BCUT2D eigenvalue weighted by Gasteiger charge is 2.37. The maximum absolute atomic E-state index is 13.2. The van der Waals surface area contributed by atoms with Crippen molar-refractivity contribution in [1.29, 1.82) is 0 Å². The van der Waals surface area contributed by atoms with Crippen LogP contribution in [0.4, 0.5) is 11.4 Å². The third kappa shape index (κ3) is 4.22. The number of fused-ring (bicyclic) bond motifs is 2. The smallest absolute Gasteiger partial charge is 0.265 e. The molecule has 0 saturated carbocycles. The molecular formula is C30H26N2O5. The van der Waals surface area contributed by atoms with Gasteiger partial charge in [0.1, 0.15) is 11.5 Å². The Morgan fingerprint density at radius 1 is 0.676 bits per heavy atom. The number of hydrogen-bond donors (Lipinski definition) is 0. The van der Waals surface area contributed by atoms with E-state index in [-0.39, 0.29) is 36.5 Å². The molecule has 0 saturated heterocycles. The summed E-state index contributed by atoms with van der Waals surface area (Å²) in [5.74, 6) is -0.440. The van der Waals surface area contributed by atoms with Gasteiger partial charge in [-0.2, -0.15) is 0 Å². The zero-order valence-electron chi connectivity index (χ0n) is 20.7. The number of furan rings is 1. The monoisotopic (exact) mass is 494 g/mol. The lowest BCUT2D eigenvalue weighted by Crippen LogP contribution is -2.33. The number of para-hydroxylation sites is 2. The molecule has 0 spiro atoms. The van der Waals surface area contributed by atoms with Gasteiger partial charge in [-0.25, -0.2) is 9.80 Å². The first-order chi connectivity index (χ1) is 17.9. The molecule has 1 aromatic heterocycles. The number of rotatable bonds is 6. The number of hydrogen-bond acceptors (Lipinski definition) is 5. The fraction of sp³-hybridized carbons (Fsp3) is 0.200. The first-order valence-corrected chi connectivity index (χ1v) is 12.4. The Kier molecular flexibility index (Phi) is 6.44. The second kappa shape index (κ2) is 9.85. The first-order valence-electron chi connectivity index (χ1n) is 12.4. The van der Waals surface area contributed by atoms with E-state index in [1.54, 1.807) is 60.7 Å². The molecule has 0 N–H and O–H groups in total. The van der Waals surface area contributed by atoms with Crippen LogP contribution in [0.15, 0.2) is 65.1 Å². The van der Waals surface area contributed by atoms with Crippen molar-refractivity contribution in [1.82, 2.24) is 0 Å². The minimum Gasteiger partial charge on any atom is -0.457 e. The quantitative estimate of drug-likeness (QED) is 0.410. The first kappa shape index (κ1) is 24.2. The summed E-state index contributed by atoms with van der Waals surface area (Å²) in [5.41, 5.74) is 3.20. The molecule has 0 atom stereocenters. The van der Waals surface area contributed by atoms with E-state index in [2.05, 4.69) is 0 Å². The third-order valence-electron chi connectivity index (χ3n) is 6.38. The van der Waals surface area contributed by atoms with Crippen molar-refractivity contribution in [3.05, 3.63) is 83.3 Å². The summed E-state index contributed by atoms with van der Waals surface area (Å²) in [6, 6.07) is 17.8. The lowest BCUT2D eigenvalue weighted by Gasteiger charge is -2.14. The van der Waals surface area contributed by atoms with Gasteiger partial charge in [0.2, 0.25) is 11.8 Å². The predicted octanol–water partition coefficient (Wildman–Crippen LogP) is 5.71. The summed E-state index contributed by atoms with van der Waals surface area (Å²) < 4.78 is 5.96. The van der Waals surface area contributed by atoms with E-state index < -0.39 is 0 Å². The maximum atomic E-state index is 13.2. The van der Waals surface area contributed by atoms with Gasteiger partial charge in [0.05, 0.1) is 22.5 Å². The van der Waals surface area contributed by atoms with Gasteiger partial charge >= 0.3 is 0 Å². The molecule has 3 aromatic rings. The minimum absolute atomic E-state index is 0.242. The summed E-state index contributed by atoms with van der Waals surface area (Å²) in [5, 5.41) is 0. The van der Waals surface area contributed by atoms with E-state index in [0.717, 1.165) is 0 Å². The summed E-state index contributed by atoms with van der Waals surface area (Å²) in [6.07, 6.45) is 5.07. The fourth-order valence-corrected chi connectivity index (χ4v) is 4.72. The molecule has 5 rings (SSSR count). The average Bonchev–Trinajstić information content (AvgIpc) is 3.53. The van der Waals surface area contributed by atoms with Crippen LogP contribution in [0.3, 0.4) is 0 Å². The third-order valence-corrected chi connectivity index (χ3v) is 6.38. The van der Waals surface area contributed by atoms with Crippen molar-refractivity contribution in [2.45, 2.75) is 39.5 Å². The average molecular weight is 495 g/mol. The molecular weight excluding hydrogens is 468 g/mol. The molecule has 2 aromatic carbocycles. The molecule has 0 unspecified atom stereocenters. The lowest BCUT2D eigenvalue weighted by atomic mass is 10.1. The SMILES string of the molecule is CCCC(=O)N1C(=O)/C(=C/c2ccc(/C=C3/C(=O)N(C(=O)CCC)c4ccccc43)o2)c2ccccc21. The van der Waals surface area contributed by atoms with Gasteiger partial charge in [-0.15, -0.1) is 0 Å². The Hall–Kier alpha value is -4.52. The van der Waals surface area contributed by atoms with E-state index >= 15 is 0 Å². The predicted molar refractivity (Wildman–Crippen MR) is 142 cm³/mol. The van der Waals surface area contributed by atoms with Crippen molar-refractivity contribution >= 4 is 58.3 Å². The fourth-order valence-electron chi connectivity index (χ4n) is 4.72. The molecule has 2 aliphatic rings. The van der Waals surface area contributed by atoms with E-state index in [1.807, 2.05) is 26.0 Å². The van der Waals surface area contributed by atoms with Crippen molar-refractivity contribution in [2.75, 3.05) is 9.80 Å². The van der Waals surface area contributed by atoms with E-state index in [4.69, 9.17) is 4.42 Å². The van der Waals surface area contributed by atoms with Gasteiger partial charge in [-0.1, -0.05) is 50.2 Å². The summed E-state index contributed by atoms with van der Waals surface area (Å²) in [4.78, 5) is 54.2. The van der Waals surface area contributed by atoms with Crippen molar-refractivity contribution in [3.63, 3.8) is 0 Å². The molecule has 0 bridgehead atoms. The van der Waals surface area contributed by atoms with Crippen LogP contribution < -0.4 is 9.80 Å². The second-order valence-corrected chi connectivity index (χ2v) is 8.96. The van der Waals surface area contributed by atoms with Crippen LogP contribution in [-0.2, 0) is 19.2 Å². The van der Waals surface area contributed by atoms with Gasteiger partial charge in [-0.3, -0.25) is 19.2 Å². The van der Waals surface area contributed by atoms with E-state index in [0.29, 0.717) is 58.0 Å². The summed E-state index contributed by atoms with van der Waals surface area (Å²) >= 11 is 0. The van der Waals surface area contributed by atoms with Crippen LogP contribution in [0, 0.1) is 0 Å².